The van der Waals surface area contributed by atoms with E-state index in [1.165, 1.54) is 38.8 Å². The molecule has 4 heteroatoms. The van der Waals surface area contributed by atoms with Gasteiger partial charge in [-0.05, 0) is 56.5 Å². The zero-order valence-electron chi connectivity index (χ0n) is 13.0. The summed E-state index contributed by atoms with van der Waals surface area (Å²) in [6.45, 7) is 8.66. The van der Waals surface area contributed by atoms with Crippen LogP contribution in [0.1, 0.15) is 46.0 Å². The number of carbonyl (C=O) groups is 1. The Morgan fingerprint density at radius 3 is 2.85 bits per heavy atom. The first-order chi connectivity index (χ1) is 9.56. The van der Waals surface area contributed by atoms with Gasteiger partial charge in [0.1, 0.15) is 0 Å². The summed E-state index contributed by atoms with van der Waals surface area (Å²) in [7, 11) is 0. The van der Waals surface area contributed by atoms with Crippen molar-refractivity contribution >= 4 is 5.91 Å². The van der Waals surface area contributed by atoms with E-state index in [4.69, 9.17) is 0 Å². The summed E-state index contributed by atoms with van der Waals surface area (Å²) >= 11 is 0. The Hall–Kier alpha value is -0.610. The van der Waals surface area contributed by atoms with Crippen LogP contribution in [0.5, 0.6) is 0 Å². The number of carbonyl (C=O) groups excluding carboxylic acids is 1. The van der Waals surface area contributed by atoms with E-state index in [-0.39, 0.29) is 17.4 Å². The van der Waals surface area contributed by atoms with Gasteiger partial charge in [-0.15, -0.1) is 0 Å². The topological polar surface area (TPSA) is 44.4 Å². The van der Waals surface area contributed by atoms with Gasteiger partial charge in [-0.2, -0.15) is 0 Å². The van der Waals surface area contributed by atoms with E-state index in [9.17, 15) is 4.79 Å². The molecule has 2 unspecified atom stereocenters. The third-order valence-electron chi connectivity index (χ3n) is 5.34. The Morgan fingerprint density at radius 2 is 2.15 bits per heavy atom. The predicted octanol–water partition coefficient (Wildman–Crippen LogP) is 1.37. The molecular weight excluding hydrogens is 250 g/mol. The molecule has 0 bridgehead atoms. The van der Waals surface area contributed by atoms with Crippen LogP contribution in [0.4, 0.5) is 0 Å². The van der Waals surface area contributed by atoms with Crippen molar-refractivity contribution in [2.75, 3.05) is 26.2 Å². The van der Waals surface area contributed by atoms with Crippen LogP contribution < -0.4 is 10.6 Å². The maximum atomic E-state index is 12.4. The van der Waals surface area contributed by atoms with E-state index in [1.54, 1.807) is 0 Å². The van der Waals surface area contributed by atoms with Gasteiger partial charge in [0.2, 0.25) is 5.91 Å². The lowest BCUT2D eigenvalue weighted by molar-refractivity contribution is -0.126. The van der Waals surface area contributed by atoms with Gasteiger partial charge in [-0.1, -0.05) is 13.8 Å². The molecule has 1 saturated carbocycles. The van der Waals surface area contributed by atoms with E-state index in [2.05, 4.69) is 29.4 Å². The van der Waals surface area contributed by atoms with Crippen LogP contribution in [0, 0.1) is 11.3 Å². The SMILES string of the molecule is CC1(C)CCCNC1C(=O)NCC1CCN(C2CC2)C1. The molecule has 20 heavy (non-hydrogen) atoms. The van der Waals surface area contributed by atoms with Crippen molar-refractivity contribution < 1.29 is 4.79 Å². The summed E-state index contributed by atoms with van der Waals surface area (Å²) in [5.74, 6) is 0.867. The third kappa shape index (κ3) is 3.17. The van der Waals surface area contributed by atoms with Crippen molar-refractivity contribution in [2.24, 2.45) is 11.3 Å². The molecule has 1 aliphatic carbocycles. The second-order valence-corrected chi connectivity index (χ2v) is 7.61. The first-order valence-electron chi connectivity index (χ1n) is 8.31. The molecule has 0 radical (unpaired) electrons. The van der Waals surface area contributed by atoms with Gasteiger partial charge in [0.15, 0.2) is 0 Å². The molecule has 114 valence electrons. The van der Waals surface area contributed by atoms with Crippen LogP contribution in [0.15, 0.2) is 0 Å². The van der Waals surface area contributed by atoms with Crippen LogP contribution in [-0.2, 0) is 4.79 Å². The number of hydrogen-bond acceptors (Lipinski definition) is 3. The number of rotatable bonds is 4. The average molecular weight is 279 g/mol. The number of hydrogen-bond donors (Lipinski definition) is 2. The lowest BCUT2D eigenvalue weighted by Crippen LogP contribution is -2.56. The summed E-state index contributed by atoms with van der Waals surface area (Å²) in [6.07, 6.45) is 6.34. The highest BCUT2D eigenvalue weighted by Crippen LogP contribution is 2.32. The van der Waals surface area contributed by atoms with Crippen molar-refractivity contribution in [1.82, 2.24) is 15.5 Å². The standard InChI is InChI=1S/C16H29N3O/c1-16(2)7-3-8-17-14(16)15(20)18-10-12-6-9-19(11-12)13-4-5-13/h12-14,17H,3-11H2,1-2H3,(H,18,20). The van der Waals surface area contributed by atoms with E-state index < -0.39 is 0 Å². The molecule has 0 spiro atoms. The minimum atomic E-state index is -0.0165. The van der Waals surface area contributed by atoms with Crippen molar-refractivity contribution in [2.45, 2.75) is 58.0 Å². The second-order valence-electron chi connectivity index (χ2n) is 7.61. The highest BCUT2D eigenvalue weighted by Gasteiger charge is 2.38. The first kappa shape index (κ1) is 14.3. The van der Waals surface area contributed by atoms with Crippen LogP contribution in [0.3, 0.4) is 0 Å². The van der Waals surface area contributed by atoms with Crippen molar-refractivity contribution in [1.29, 1.82) is 0 Å². The van der Waals surface area contributed by atoms with Gasteiger partial charge in [0.05, 0.1) is 6.04 Å². The quantitative estimate of drug-likeness (QED) is 0.817. The molecule has 3 rings (SSSR count). The van der Waals surface area contributed by atoms with Crippen LogP contribution in [-0.4, -0.2) is 49.1 Å². The number of nitrogens with one attached hydrogen (secondary N) is 2. The van der Waals surface area contributed by atoms with Crippen molar-refractivity contribution in [3.8, 4) is 0 Å². The van der Waals surface area contributed by atoms with Crippen LogP contribution in [0.25, 0.3) is 0 Å². The molecule has 0 aromatic rings. The Kier molecular flexibility index (Phi) is 4.04. The van der Waals surface area contributed by atoms with Gasteiger partial charge in [0, 0.05) is 19.1 Å². The Morgan fingerprint density at radius 1 is 1.35 bits per heavy atom. The summed E-state index contributed by atoms with van der Waals surface area (Å²) < 4.78 is 0. The maximum Gasteiger partial charge on any atom is 0.237 e. The Bertz CT molecular complexity index is 365. The molecule has 1 amide bonds. The Balaban J connectivity index is 1.44. The van der Waals surface area contributed by atoms with E-state index in [0.29, 0.717) is 5.92 Å². The highest BCUT2D eigenvalue weighted by molar-refractivity contribution is 5.82. The molecule has 4 nitrogen and oxygen atoms in total. The smallest absolute Gasteiger partial charge is 0.237 e. The normalized spacial score (nSPS) is 34.1. The Labute approximate surface area is 122 Å². The molecule has 3 aliphatic rings. The van der Waals surface area contributed by atoms with Gasteiger partial charge >= 0.3 is 0 Å². The maximum absolute atomic E-state index is 12.4. The summed E-state index contributed by atoms with van der Waals surface area (Å²) in [5, 5.41) is 6.60. The second kappa shape index (κ2) is 5.64. The minimum absolute atomic E-state index is 0.0165. The summed E-state index contributed by atoms with van der Waals surface area (Å²) in [5.41, 5.74) is 0.0814. The minimum Gasteiger partial charge on any atom is -0.354 e. The molecule has 0 aromatic carbocycles. The summed E-state index contributed by atoms with van der Waals surface area (Å²) in [4.78, 5) is 15.0. The van der Waals surface area contributed by atoms with E-state index in [0.717, 1.165) is 25.6 Å². The lowest BCUT2D eigenvalue weighted by Gasteiger charge is -2.38. The van der Waals surface area contributed by atoms with Crippen LogP contribution >= 0.6 is 0 Å². The number of nitrogens with zero attached hydrogens (tertiary/aromatic N) is 1. The van der Waals surface area contributed by atoms with Gasteiger partial charge in [-0.3, -0.25) is 4.79 Å². The number of piperidine rings is 1. The van der Waals surface area contributed by atoms with Crippen molar-refractivity contribution in [3.63, 3.8) is 0 Å². The number of amides is 1. The monoisotopic (exact) mass is 279 g/mol. The molecule has 2 aliphatic heterocycles. The predicted molar refractivity (Wildman–Crippen MR) is 80.5 cm³/mol. The first-order valence-corrected chi connectivity index (χ1v) is 8.31. The van der Waals surface area contributed by atoms with E-state index in [1.807, 2.05) is 0 Å². The van der Waals surface area contributed by atoms with Gasteiger partial charge in [-0.25, -0.2) is 0 Å². The fraction of sp³-hybridized carbons (Fsp3) is 0.938. The van der Waals surface area contributed by atoms with Crippen LogP contribution in [0.2, 0.25) is 0 Å². The molecule has 2 atom stereocenters. The summed E-state index contributed by atoms with van der Waals surface area (Å²) in [6, 6.07) is 0.854. The highest BCUT2D eigenvalue weighted by atomic mass is 16.2. The molecule has 2 heterocycles. The molecule has 3 fully saturated rings. The average Bonchev–Trinajstić information content (AvgIpc) is 3.15. The fourth-order valence-electron chi connectivity index (χ4n) is 3.81. The van der Waals surface area contributed by atoms with E-state index >= 15 is 0 Å². The molecule has 2 N–H and O–H groups in total. The molecular formula is C16H29N3O. The molecule has 2 saturated heterocycles. The zero-order chi connectivity index (χ0) is 14.2. The largest absolute Gasteiger partial charge is 0.354 e. The number of likely N-dealkylation sites (tertiary alicyclic amines) is 1. The molecule has 0 aromatic heterocycles. The zero-order valence-corrected chi connectivity index (χ0v) is 13.0. The lowest BCUT2D eigenvalue weighted by atomic mass is 9.77. The van der Waals surface area contributed by atoms with Gasteiger partial charge in [0.25, 0.3) is 0 Å². The fourth-order valence-corrected chi connectivity index (χ4v) is 3.81. The third-order valence-corrected chi connectivity index (χ3v) is 5.34. The van der Waals surface area contributed by atoms with Crippen molar-refractivity contribution in [3.05, 3.63) is 0 Å². The van der Waals surface area contributed by atoms with Gasteiger partial charge < -0.3 is 15.5 Å².